The van der Waals surface area contributed by atoms with E-state index in [0.29, 0.717) is 19.8 Å². The van der Waals surface area contributed by atoms with Gasteiger partial charge in [-0.2, -0.15) is 0 Å². The van der Waals surface area contributed by atoms with Crippen LogP contribution in [0.4, 0.5) is 4.39 Å². The van der Waals surface area contributed by atoms with Gasteiger partial charge in [-0.15, -0.1) is 24.0 Å². The molecule has 0 saturated carbocycles. The highest BCUT2D eigenvalue weighted by Crippen LogP contribution is 2.23. The van der Waals surface area contributed by atoms with Crippen LogP contribution in [-0.4, -0.2) is 56.8 Å². The molecule has 1 unspecified atom stereocenters. The quantitative estimate of drug-likeness (QED) is 0.321. The topological polar surface area (TPSA) is 62.0 Å². The third kappa shape index (κ3) is 7.60. The molecular weight excluding hydrogens is 486 g/mol. The minimum absolute atomic E-state index is 0. The minimum Gasteiger partial charge on any atom is -0.469 e. The second-order valence-electron chi connectivity index (χ2n) is 6.69. The molecule has 8 heteroatoms. The number of morpholine rings is 1. The van der Waals surface area contributed by atoms with E-state index in [0.717, 1.165) is 49.9 Å². The summed E-state index contributed by atoms with van der Waals surface area (Å²) in [5.41, 5.74) is 0.942. The van der Waals surface area contributed by atoms with Crippen molar-refractivity contribution in [3.63, 3.8) is 0 Å². The van der Waals surface area contributed by atoms with Gasteiger partial charge in [0.05, 0.1) is 32.1 Å². The van der Waals surface area contributed by atoms with Gasteiger partial charge in [-0.3, -0.25) is 9.89 Å². The van der Waals surface area contributed by atoms with Crippen molar-refractivity contribution in [1.29, 1.82) is 0 Å². The first-order chi connectivity index (χ1) is 13.8. The van der Waals surface area contributed by atoms with Crippen molar-refractivity contribution in [3.05, 3.63) is 59.8 Å². The third-order valence-corrected chi connectivity index (χ3v) is 4.73. The van der Waals surface area contributed by atoms with Crippen LogP contribution in [0.15, 0.2) is 52.1 Å². The number of nitrogens with zero attached hydrogens (tertiary/aromatic N) is 2. The summed E-state index contributed by atoms with van der Waals surface area (Å²) in [5, 5.41) is 6.62. The van der Waals surface area contributed by atoms with E-state index in [2.05, 4.69) is 15.5 Å². The number of guanidine groups is 1. The van der Waals surface area contributed by atoms with E-state index in [4.69, 9.17) is 14.1 Å². The molecule has 1 aromatic heterocycles. The van der Waals surface area contributed by atoms with Crippen LogP contribution in [0.3, 0.4) is 0 Å². The van der Waals surface area contributed by atoms with E-state index >= 15 is 0 Å². The molecule has 160 valence electrons. The van der Waals surface area contributed by atoms with Crippen molar-refractivity contribution in [3.8, 4) is 0 Å². The fourth-order valence-corrected chi connectivity index (χ4v) is 3.31. The first kappa shape index (κ1) is 23.6. The Balaban J connectivity index is 0.00000300. The molecule has 0 radical (unpaired) electrons. The molecule has 2 N–H and O–H groups in total. The van der Waals surface area contributed by atoms with Gasteiger partial charge < -0.3 is 19.8 Å². The average Bonchev–Trinajstić information content (AvgIpc) is 3.22. The molecule has 0 amide bonds. The second kappa shape index (κ2) is 12.8. The molecule has 1 aliphatic heterocycles. The Morgan fingerprint density at radius 2 is 2.03 bits per heavy atom. The average molecular weight is 516 g/mol. The van der Waals surface area contributed by atoms with Crippen molar-refractivity contribution < 1.29 is 13.5 Å². The van der Waals surface area contributed by atoms with Crippen LogP contribution in [0.1, 0.15) is 24.3 Å². The fraction of sp³-hybridized carbons (Fsp3) is 0.476. The van der Waals surface area contributed by atoms with Crippen LogP contribution in [0.5, 0.6) is 0 Å². The highest BCUT2D eigenvalue weighted by molar-refractivity contribution is 14.0. The van der Waals surface area contributed by atoms with E-state index < -0.39 is 0 Å². The fourth-order valence-electron chi connectivity index (χ4n) is 3.31. The summed E-state index contributed by atoms with van der Waals surface area (Å²) in [6.07, 6.45) is 2.47. The SMILES string of the molecule is CCNC(=NCC(c1cccc(F)c1)N1CCOCC1)NCCc1ccco1.I. The molecule has 1 fully saturated rings. The van der Waals surface area contributed by atoms with Crippen LogP contribution in [0.2, 0.25) is 0 Å². The minimum atomic E-state index is -0.219. The summed E-state index contributed by atoms with van der Waals surface area (Å²) in [7, 11) is 0. The van der Waals surface area contributed by atoms with E-state index in [1.165, 1.54) is 6.07 Å². The Hall–Kier alpha value is -1.65. The first-order valence-electron chi connectivity index (χ1n) is 9.88. The van der Waals surface area contributed by atoms with Gasteiger partial charge >= 0.3 is 0 Å². The lowest BCUT2D eigenvalue weighted by Crippen LogP contribution is -2.42. The maximum absolute atomic E-state index is 13.8. The molecule has 1 aromatic carbocycles. The molecule has 3 rings (SSSR count). The molecule has 2 heterocycles. The monoisotopic (exact) mass is 516 g/mol. The number of hydrogen-bond donors (Lipinski definition) is 2. The standard InChI is InChI=1S/C21H29FN4O2.HI/c1-2-23-21(24-9-8-19-7-4-12-28-19)25-16-20(26-10-13-27-14-11-26)17-5-3-6-18(22)15-17;/h3-7,12,15,20H,2,8-11,13-14,16H2,1H3,(H2,23,24,25);1H. The van der Waals surface area contributed by atoms with Crippen LogP contribution in [0.25, 0.3) is 0 Å². The normalized spacial score (nSPS) is 16.1. The van der Waals surface area contributed by atoms with Crippen LogP contribution >= 0.6 is 24.0 Å². The zero-order valence-electron chi connectivity index (χ0n) is 16.8. The predicted octanol–water partition coefficient (Wildman–Crippen LogP) is 3.21. The molecule has 0 spiro atoms. The Morgan fingerprint density at radius 3 is 2.72 bits per heavy atom. The van der Waals surface area contributed by atoms with Gasteiger partial charge in [0, 0.05) is 32.6 Å². The van der Waals surface area contributed by atoms with Gasteiger partial charge in [0.1, 0.15) is 11.6 Å². The molecule has 1 aliphatic rings. The summed E-state index contributed by atoms with van der Waals surface area (Å²) >= 11 is 0. The van der Waals surface area contributed by atoms with Crippen molar-refractivity contribution in [2.75, 3.05) is 45.9 Å². The highest BCUT2D eigenvalue weighted by Gasteiger charge is 2.23. The lowest BCUT2D eigenvalue weighted by molar-refractivity contribution is 0.0179. The number of furan rings is 1. The zero-order valence-corrected chi connectivity index (χ0v) is 19.1. The molecule has 1 atom stereocenters. The van der Waals surface area contributed by atoms with Crippen molar-refractivity contribution >= 4 is 29.9 Å². The lowest BCUT2D eigenvalue weighted by atomic mass is 10.0. The van der Waals surface area contributed by atoms with Gasteiger partial charge in [-0.1, -0.05) is 12.1 Å². The van der Waals surface area contributed by atoms with Crippen molar-refractivity contribution in [2.24, 2.45) is 4.99 Å². The van der Waals surface area contributed by atoms with E-state index in [9.17, 15) is 4.39 Å². The van der Waals surface area contributed by atoms with E-state index in [1.54, 1.807) is 18.4 Å². The van der Waals surface area contributed by atoms with Crippen molar-refractivity contribution in [2.45, 2.75) is 19.4 Å². The molecular formula is C21H30FIN4O2. The number of halogens is 2. The number of rotatable bonds is 8. The summed E-state index contributed by atoms with van der Waals surface area (Å²) in [6, 6.07) is 10.7. The molecule has 2 aromatic rings. The first-order valence-corrected chi connectivity index (χ1v) is 9.88. The number of aliphatic imine (C=N–C) groups is 1. The third-order valence-electron chi connectivity index (χ3n) is 4.73. The van der Waals surface area contributed by atoms with Crippen molar-refractivity contribution in [1.82, 2.24) is 15.5 Å². The Labute approximate surface area is 188 Å². The number of hydrogen-bond acceptors (Lipinski definition) is 4. The van der Waals surface area contributed by atoms with Gasteiger partial charge in [0.25, 0.3) is 0 Å². The molecule has 0 bridgehead atoms. The van der Waals surface area contributed by atoms with Gasteiger partial charge in [0.2, 0.25) is 0 Å². The lowest BCUT2D eigenvalue weighted by Gasteiger charge is -2.34. The summed E-state index contributed by atoms with van der Waals surface area (Å²) < 4.78 is 24.6. The van der Waals surface area contributed by atoms with E-state index in [-0.39, 0.29) is 35.8 Å². The molecule has 1 saturated heterocycles. The number of benzene rings is 1. The zero-order chi connectivity index (χ0) is 19.6. The maximum Gasteiger partial charge on any atom is 0.191 e. The Kier molecular flexibility index (Phi) is 10.4. The number of nitrogens with one attached hydrogen (secondary N) is 2. The predicted molar refractivity (Wildman–Crippen MR) is 123 cm³/mol. The maximum atomic E-state index is 13.8. The summed E-state index contributed by atoms with van der Waals surface area (Å²) in [5.74, 6) is 1.47. The van der Waals surface area contributed by atoms with E-state index in [1.807, 2.05) is 25.1 Å². The van der Waals surface area contributed by atoms with Gasteiger partial charge in [-0.25, -0.2) is 4.39 Å². The molecule has 6 nitrogen and oxygen atoms in total. The highest BCUT2D eigenvalue weighted by atomic mass is 127. The Morgan fingerprint density at radius 1 is 1.21 bits per heavy atom. The van der Waals surface area contributed by atoms with Gasteiger partial charge in [-0.05, 0) is 36.8 Å². The van der Waals surface area contributed by atoms with Gasteiger partial charge in [0.15, 0.2) is 5.96 Å². The van der Waals surface area contributed by atoms with Crippen LogP contribution in [-0.2, 0) is 11.2 Å². The smallest absolute Gasteiger partial charge is 0.191 e. The molecule has 0 aliphatic carbocycles. The second-order valence-corrected chi connectivity index (χ2v) is 6.69. The largest absolute Gasteiger partial charge is 0.469 e. The van der Waals surface area contributed by atoms with Crippen LogP contribution < -0.4 is 10.6 Å². The number of ether oxygens (including phenoxy) is 1. The Bertz CT molecular complexity index is 736. The molecule has 29 heavy (non-hydrogen) atoms. The summed E-state index contributed by atoms with van der Waals surface area (Å²) in [4.78, 5) is 7.09. The summed E-state index contributed by atoms with van der Waals surface area (Å²) in [6.45, 7) is 7.10. The van der Waals surface area contributed by atoms with Crippen LogP contribution in [0, 0.1) is 5.82 Å².